The van der Waals surface area contributed by atoms with Crippen LogP contribution < -0.4 is 5.32 Å². The Hall–Kier alpha value is -1.30. The van der Waals surface area contributed by atoms with Crippen molar-refractivity contribution in [1.82, 2.24) is 15.3 Å². The zero-order valence-electron chi connectivity index (χ0n) is 10.8. The lowest BCUT2D eigenvalue weighted by Gasteiger charge is -2.26. The highest BCUT2D eigenvalue weighted by Crippen LogP contribution is 2.37. The third-order valence-corrected chi connectivity index (χ3v) is 4.69. The van der Waals surface area contributed by atoms with E-state index < -0.39 is 0 Å². The Morgan fingerprint density at radius 2 is 2.19 bits per heavy atom. The van der Waals surface area contributed by atoms with Gasteiger partial charge in [-0.05, 0) is 30.2 Å². The van der Waals surface area contributed by atoms with Crippen molar-refractivity contribution < 1.29 is 4.79 Å². The Morgan fingerprint density at radius 1 is 1.33 bits per heavy atom. The van der Waals surface area contributed by atoms with Gasteiger partial charge in [-0.2, -0.15) is 0 Å². The summed E-state index contributed by atoms with van der Waals surface area (Å²) in [4.78, 5) is 21.2. The van der Waals surface area contributed by atoms with Crippen LogP contribution in [0, 0.1) is 0 Å². The molecule has 1 aliphatic rings. The minimum atomic E-state index is -0.284. The van der Waals surface area contributed by atoms with Crippen molar-refractivity contribution in [1.29, 1.82) is 0 Å². The second-order valence-electron chi connectivity index (χ2n) is 4.57. The van der Waals surface area contributed by atoms with Gasteiger partial charge in [0, 0.05) is 15.7 Å². The number of benzene rings is 1. The second kappa shape index (κ2) is 6.22. The van der Waals surface area contributed by atoms with Crippen LogP contribution >= 0.6 is 35.0 Å². The van der Waals surface area contributed by atoms with E-state index in [1.54, 1.807) is 11.8 Å². The number of carbonyl (C=O) groups is 1. The van der Waals surface area contributed by atoms with Gasteiger partial charge >= 0.3 is 0 Å². The molecule has 7 heteroatoms. The van der Waals surface area contributed by atoms with Crippen molar-refractivity contribution >= 4 is 40.9 Å². The molecule has 1 amide bonds. The summed E-state index contributed by atoms with van der Waals surface area (Å²) in [5.74, 6) is 0.661. The summed E-state index contributed by atoms with van der Waals surface area (Å²) < 4.78 is 0. The van der Waals surface area contributed by atoms with E-state index in [0.717, 1.165) is 22.6 Å². The van der Waals surface area contributed by atoms with Crippen molar-refractivity contribution in [3.63, 3.8) is 0 Å². The van der Waals surface area contributed by atoms with Gasteiger partial charge in [0.1, 0.15) is 10.8 Å². The molecular weight excluding hydrogens is 329 g/mol. The van der Waals surface area contributed by atoms with Gasteiger partial charge in [0.05, 0.1) is 18.4 Å². The van der Waals surface area contributed by atoms with Crippen LogP contribution in [0.5, 0.6) is 0 Å². The lowest BCUT2D eigenvalue weighted by molar-refractivity contribution is 0.0929. The molecule has 0 saturated heterocycles. The SMILES string of the molecule is O=C(NC1CCSc2ccc(Cl)cc21)c1cncc(Cl)n1. The van der Waals surface area contributed by atoms with E-state index in [-0.39, 0.29) is 22.8 Å². The third kappa shape index (κ3) is 3.31. The molecule has 2 heterocycles. The number of rotatable bonds is 2. The minimum Gasteiger partial charge on any atom is -0.344 e. The van der Waals surface area contributed by atoms with Crippen molar-refractivity contribution in [3.05, 3.63) is 52.0 Å². The van der Waals surface area contributed by atoms with Gasteiger partial charge in [-0.15, -0.1) is 11.8 Å². The quantitative estimate of drug-likeness (QED) is 0.905. The molecule has 108 valence electrons. The zero-order chi connectivity index (χ0) is 14.8. The largest absolute Gasteiger partial charge is 0.344 e. The first kappa shape index (κ1) is 14.6. The molecule has 1 N–H and O–H groups in total. The molecule has 2 aromatic rings. The maximum atomic E-state index is 12.2. The molecule has 1 unspecified atom stereocenters. The van der Waals surface area contributed by atoms with Gasteiger partial charge < -0.3 is 5.32 Å². The van der Waals surface area contributed by atoms with Crippen LogP contribution in [0.4, 0.5) is 0 Å². The van der Waals surface area contributed by atoms with Crippen LogP contribution in [0.15, 0.2) is 35.5 Å². The average Bonchev–Trinajstić information content (AvgIpc) is 2.48. The van der Waals surface area contributed by atoms with E-state index in [1.165, 1.54) is 12.4 Å². The maximum Gasteiger partial charge on any atom is 0.272 e. The number of amides is 1. The maximum absolute atomic E-state index is 12.2. The molecule has 0 fully saturated rings. The zero-order valence-corrected chi connectivity index (χ0v) is 13.2. The van der Waals surface area contributed by atoms with E-state index in [1.807, 2.05) is 18.2 Å². The predicted molar refractivity (Wildman–Crippen MR) is 84.0 cm³/mol. The third-order valence-electron chi connectivity index (χ3n) is 3.15. The number of halogens is 2. The minimum absolute atomic E-state index is 0.0757. The number of fused-ring (bicyclic) bond motifs is 1. The Balaban J connectivity index is 1.83. The van der Waals surface area contributed by atoms with Crippen molar-refractivity contribution in [2.75, 3.05) is 5.75 Å². The van der Waals surface area contributed by atoms with Gasteiger partial charge in [-0.3, -0.25) is 9.78 Å². The fourth-order valence-corrected chi connectivity index (χ4v) is 3.63. The fraction of sp³-hybridized carbons (Fsp3) is 0.214. The Bertz CT molecular complexity index is 696. The Morgan fingerprint density at radius 3 is 3.00 bits per heavy atom. The highest BCUT2D eigenvalue weighted by molar-refractivity contribution is 7.99. The molecule has 0 saturated carbocycles. The first-order chi connectivity index (χ1) is 10.1. The van der Waals surface area contributed by atoms with E-state index in [2.05, 4.69) is 15.3 Å². The molecule has 0 aliphatic carbocycles. The molecular formula is C14H11Cl2N3OS. The summed E-state index contributed by atoms with van der Waals surface area (Å²) >= 11 is 13.6. The molecule has 1 aromatic heterocycles. The van der Waals surface area contributed by atoms with Gasteiger partial charge in [-0.25, -0.2) is 4.98 Å². The van der Waals surface area contributed by atoms with E-state index in [9.17, 15) is 4.79 Å². The number of nitrogens with one attached hydrogen (secondary N) is 1. The molecule has 21 heavy (non-hydrogen) atoms. The predicted octanol–water partition coefficient (Wildman–Crippen LogP) is 3.75. The number of hydrogen-bond acceptors (Lipinski definition) is 4. The van der Waals surface area contributed by atoms with Crippen LogP contribution in [-0.2, 0) is 0 Å². The van der Waals surface area contributed by atoms with Crippen LogP contribution in [0.25, 0.3) is 0 Å². The van der Waals surface area contributed by atoms with Crippen molar-refractivity contribution in [3.8, 4) is 0 Å². The number of thioether (sulfide) groups is 1. The standard InChI is InChI=1S/C14H11Cl2N3OS/c15-8-1-2-12-9(5-8)10(3-4-21-12)19-14(20)11-6-17-7-13(16)18-11/h1-2,5-7,10H,3-4H2,(H,19,20). The van der Waals surface area contributed by atoms with Gasteiger partial charge in [0.25, 0.3) is 5.91 Å². The number of hydrogen-bond donors (Lipinski definition) is 1. The van der Waals surface area contributed by atoms with E-state index in [4.69, 9.17) is 23.2 Å². The Labute approximate surface area is 136 Å². The average molecular weight is 340 g/mol. The highest BCUT2D eigenvalue weighted by atomic mass is 35.5. The molecule has 1 atom stereocenters. The second-order valence-corrected chi connectivity index (χ2v) is 6.53. The first-order valence-corrected chi connectivity index (χ1v) is 8.08. The van der Waals surface area contributed by atoms with Crippen LogP contribution in [0.2, 0.25) is 10.2 Å². The number of carbonyl (C=O) groups excluding carboxylic acids is 1. The topological polar surface area (TPSA) is 54.9 Å². The molecule has 1 aromatic carbocycles. The lowest BCUT2D eigenvalue weighted by atomic mass is 10.0. The van der Waals surface area contributed by atoms with Gasteiger partial charge in [0.15, 0.2) is 0 Å². The van der Waals surface area contributed by atoms with Crippen LogP contribution in [0.3, 0.4) is 0 Å². The smallest absolute Gasteiger partial charge is 0.272 e. The molecule has 1 aliphatic heterocycles. The van der Waals surface area contributed by atoms with Crippen LogP contribution in [0.1, 0.15) is 28.5 Å². The first-order valence-electron chi connectivity index (χ1n) is 6.34. The summed E-state index contributed by atoms with van der Waals surface area (Å²) in [6.45, 7) is 0. The fourth-order valence-electron chi connectivity index (χ4n) is 2.20. The summed E-state index contributed by atoms with van der Waals surface area (Å²) in [5, 5.41) is 3.84. The summed E-state index contributed by atoms with van der Waals surface area (Å²) in [7, 11) is 0. The highest BCUT2D eigenvalue weighted by Gasteiger charge is 2.23. The molecule has 4 nitrogen and oxygen atoms in total. The number of aromatic nitrogens is 2. The van der Waals surface area contributed by atoms with E-state index in [0.29, 0.717) is 5.02 Å². The monoisotopic (exact) mass is 339 g/mol. The van der Waals surface area contributed by atoms with E-state index >= 15 is 0 Å². The Kier molecular flexibility index (Phi) is 4.33. The molecule has 0 bridgehead atoms. The van der Waals surface area contributed by atoms with Gasteiger partial charge in [0.2, 0.25) is 0 Å². The summed E-state index contributed by atoms with van der Waals surface area (Å²) in [6, 6.07) is 5.67. The molecule has 0 radical (unpaired) electrons. The normalized spacial score (nSPS) is 17.1. The van der Waals surface area contributed by atoms with Crippen LogP contribution in [-0.4, -0.2) is 21.6 Å². The van der Waals surface area contributed by atoms with Gasteiger partial charge in [-0.1, -0.05) is 23.2 Å². The molecule has 3 rings (SSSR count). The van der Waals surface area contributed by atoms with Crippen molar-refractivity contribution in [2.24, 2.45) is 0 Å². The summed E-state index contributed by atoms with van der Waals surface area (Å²) in [5.41, 5.74) is 1.26. The number of nitrogens with zero attached hydrogens (tertiary/aromatic N) is 2. The molecule has 0 spiro atoms. The lowest BCUT2D eigenvalue weighted by Crippen LogP contribution is -2.31. The van der Waals surface area contributed by atoms with Crippen molar-refractivity contribution in [2.45, 2.75) is 17.4 Å². The summed E-state index contributed by atoms with van der Waals surface area (Å²) in [6.07, 6.45) is 3.64.